The molecular formula is C12H18N4O. The predicted octanol–water partition coefficient (Wildman–Crippen LogP) is 1.21. The molecule has 1 aromatic rings. The molecule has 0 saturated heterocycles. The summed E-state index contributed by atoms with van der Waals surface area (Å²) >= 11 is 0. The van der Waals surface area contributed by atoms with E-state index in [0.717, 1.165) is 37.9 Å². The molecule has 0 bridgehead atoms. The molecule has 0 fully saturated rings. The van der Waals surface area contributed by atoms with Crippen LogP contribution in [-0.4, -0.2) is 27.6 Å². The summed E-state index contributed by atoms with van der Waals surface area (Å²) in [5.74, 6) is 1.23. The first kappa shape index (κ1) is 11.8. The molecule has 0 saturated carbocycles. The first-order valence-electron chi connectivity index (χ1n) is 6.13. The highest BCUT2D eigenvalue weighted by molar-refractivity contribution is 5.78. The molecular weight excluding hydrogens is 216 g/mol. The number of aromatic nitrogens is 3. The molecule has 1 unspecified atom stereocenters. The van der Waals surface area contributed by atoms with Gasteiger partial charge in [-0.25, -0.2) is 4.98 Å². The van der Waals surface area contributed by atoms with Gasteiger partial charge in [0.1, 0.15) is 12.2 Å². The highest BCUT2D eigenvalue weighted by Gasteiger charge is 2.17. The molecule has 1 aliphatic rings. The van der Waals surface area contributed by atoms with Crippen LogP contribution < -0.4 is 5.32 Å². The third-order valence-corrected chi connectivity index (χ3v) is 2.99. The van der Waals surface area contributed by atoms with Gasteiger partial charge in [-0.3, -0.25) is 9.89 Å². The number of carbonyl (C=O) groups is 1. The molecule has 2 rings (SSSR count). The maximum Gasteiger partial charge on any atom is 0.223 e. The standard InChI is InChI=1S/C12H18N4O/c17-12(10-5-2-1-3-6-10)13-8-4-7-11-14-9-15-16-11/h1-2,9-10H,3-8H2,(H,13,17)(H,14,15,16). The molecule has 0 radical (unpaired) electrons. The van der Waals surface area contributed by atoms with E-state index >= 15 is 0 Å². The maximum absolute atomic E-state index is 11.8. The fraction of sp³-hybridized carbons (Fsp3) is 0.583. The van der Waals surface area contributed by atoms with Gasteiger partial charge in [0, 0.05) is 18.9 Å². The van der Waals surface area contributed by atoms with Crippen LogP contribution >= 0.6 is 0 Å². The van der Waals surface area contributed by atoms with Crippen LogP contribution in [-0.2, 0) is 11.2 Å². The van der Waals surface area contributed by atoms with Gasteiger partial charge in [0.25, 0.3) is 0 Å². The number of amides is 1. The van der Waals surface area contributed by atoms with Gasteiger partial charge in [-0.05, 0) is 25.7 Å². The van der Waals surface area contributed by atoms with E-state index in [1.165, 1.54) is 6.33 Å². The first-order chi connectivity index (χ1) is 8.36. The summed E-state index contributed by atoms with van der Waals surface area (Å²) in [6.45, 7) is 0.708. The Morgan fingerprint density at radius 3 is 3.18 bits per heavy atom. The van der Waals surface area contributed by atoms with Crippen LogP contribution in [0.3, 0.4) is 0 Å². The number of rotatable bonds is 5. The molecule has 1 aliphatic carbocycles. The monoisotopic (exact) mass is 234 g/mol. The summed E-state index contributed by atoms with van der Waals surface area (Å²) in [5.41, 5.74) is 0. The molecule has 1 amide bonds. The zero-order valence-electron chi connectivity index (χ0n) is 9.85. The van der Waals surface area contributed by atoms with Crippen LogP contribution in [0.4, 0.5) is 0 Å². The Labute approximate surface area is 101 Å². The number of nitrogens with zero attached hydrogens (tertiary/aromatic N) is 2. The van der Waals surface area contributed by atoms with Crippen molar-refractivity contribution < 1.29 is 4.79 Å². The third kappa shape index (κ3) is 3.69. The van der Waals surface area contributed by atoms with Crippen molar-refractivity contribution in [2.24, 2.45) is 5.92 Å². The zero-order valence-corrected chi connectivity index (χ0v) is 9.85. The Morgan fingerprint density at radius 2 is 2.47 bits per heavy atom. The summed E-state index contributed by atoms with van der Waals surface area (Å²) in [4.78, 5) is 15.8. The number of aromatic amines is 1. The second-order valence-electron chi connectivity index (χ2n) is 4.31. The molecule has 5 heteroatoms. The average molecular weight is 234 g/mol. The van der Waals surface area contributed by atoms with Crippen LogP contribution in [0.1, 0.15) is 31.5 Å². The van der Waals surface area contributed by atoms with Gasteiger partial charge in [-0.15, -0.1) is 0 Å². The second kappa shape index (κ2) is 6.18. The molecule has 2 N–H and O–H groups in total. The van der Waals surface area contributed by atoms with E-state index in [0.29, 0.717) is 6.54 Å². The minimum Gasteiger partial charge on any atom is -0.356 e. The van der Waals surface area contributed by atoms with E-state index in [2.05, 4.69) is 32.7 Å². The van der Waals surface area contributed by atoms with Crippen molar-refractivity contribution in [2.45, 2.75) is 32.1 Å². The number of allylic oxidation sites excluding steroid dienone is 2. The molecule has 17 heavy (non-hydrogen) atoms. The lowest BCUT2D eigenvalue weighted by Crippen LogP contribution is -2.32. The topological polar surface area (TPSA) is 70.7 Å². The molecule has 5 nitrogen and oxygen atoms in total. The smallest absolute Gasteiger partial charge is 0.223 e. The number of aryl methyl sites for hydroxylation is 1. The minimum atomic E-state index is 0.172. The fourth-order valence-corrected chi connectivity index (χ4v) is 1.99. The summed E-state index contributed by atoms with van der Waals surface area (Å²) in [5, 5.41) is 9.56. The first-order valence-corrected chi connectivity index (χ1v) is 6.13. The van der Waals surface area contributed by atoms with Crippen molar-refractivity contribution in [1.29, 1.82) is 0 Å². The largest absolute Gasteiger partial charge is 0.356 e. The summed E-state index contributed by atoms with van der Waals surface area (Å²) in [7, 11) is 0. The molecule has 92 valence electrons. The predicted molar refractivity (Wildman–Crippen MR) is 64.2 cm³/mol. The van der Waals surface area contributed by atoms with E-state index in [-0.39, 0.29) is 11.8 Å². The second-order valence-corrected chi connectivity index (χ2v) is 4.31. The highest BCUT2D eigenvalue weighted by atomic mass is 16.1. The van der Waals surface area contributed by atoms with Crippen molar-refractivity contribution >= 4 is 5.91 Å². The van der Waals surface area contributed by atoms with Crippen LogP contribution in [0, 0.1) is 5.92 Å². The van der Waals surface area contributed by atoms with Gasteiger partial charge < -0.3 is 5.32 Å². The van der Waals surface area contributed by atoms with Crippen LogP contribution in [0.5, 0.6) is 0 Å². The molecule has 1 heterocycles. The number of nitrogens with one attached hydrogen (secondary N) is 2. The lowest BCUT2D eigenvalue weighted by molar-refractivity contribution is -0.125. The van der Waals surface area contributed by atoms with Crippen molar-refractivity contribution in [3.63, 3.8) is 0 Å². The van der Waals surface area contributed by atoms with Gasteiger partial charge in [0.2, 0.25) is 5.91 Å². The Morgan fingerprint density at radius 1 is 1.53 bits per heavy atom. The lowest BCUT2D eigenvalue weighted by atomic mass is 9.94. The van der Waals surface area contributed by atoms with E-state index in [9.17, 15) is 4.79 Å². The Kier molecular flexibility index (Phi) is 4.30. The molecule has 0 spiro atoms. The van der Waals surface area contributed by atoms with Crippen molar-refractivity contribution in [3.05, 3.63) is 24.3 Å². The minimum absolute atomic E-state index is 0.172. The van der Waals surface area contributed by atoms with E-state index in [1.54, 1.807) is 0 Å². The Balaban J connectivity index is 1.61. The highest BCUT2D eigenvalue weighted by Crippen LogP contribution is 2.17. The summed E-state index contributed by atoms with van der Waals surface area (Å²) in [6.07, 6.45) is 10.3. The van der Waals surface area contributed by atoms with Crippen LogP contribution in [0.25, 0.3) is 0 Å². The third-order valence-electron chi connectivity index (χ3n) is 2.99. The van der Waals surface area contributed by atoms with Crippen molar-refractivity contribution in [1.82, 2.24) is 20.5 Å². The van der Waals surface area contributed by atoms with Gasteiger partial charge in [0.05, 0.1) is 0 Å². The lowest BCUT2D eigenvalue weighted by Gasteiger charge is -2.16. The quantitative estimate of drug-likeness (QED) is 0.594. The Hall–Kier alpha value is -1.65. The maximum atomic E-state index is 11.8. The zero-order chi connectivity index (χ0) is 11.9. The number of carbonyl (C=O) groups excluding carboxylic acids is 1. The molecule has 0 aliphatic heterocycles. The number of H-pyrrole nitrogens is 1. The van der Waals surface area contributed by atoms with Crippen molar-refractivity contribution in [2.75, 3.05) is 6.54 Å². The van der Waals surface area contributed by atoms with Gasteiger partial charge in [-0.1, -0.05) is 12.2 Å². The van der Waals surface area contributed by atoms with Crippen molar-refractivity contribution in [3.8, 4) is 0 Å². The van der Waals surface area contributed by atoms with E-state index < -0.39 is 0 Å². The van der Waals surface area contributed by atoms with E-state index in [4.69, 9.17) is 0 Å². The van der Waals surface area contributed by atoms with Crippen LogP contribution in [0.15, 0.2) is 18.5 Å². The fourth-order valence-electron chi connectivity index (χ4n) is 1.99. The normalized spacial score (nSPS) is 19.2. The number of hydrogen-bond acceptors (Lipinski definition) is 3. The van der Waals surface area contributed by atoms with E-state index in [1.807, 2.05) is 0 Å². The average Bonchev–Trinajstić information content (AvgIpc) is 2.88. The van der Waals surface area contributed by atoms with Gasteiger partial charge in [-0.2, -0.15) is 5.10 Å². The Bertz CT molecular complexity index is 372. The van der Waals surface area contributed by atoms with Gasteiger partial charge in [0.15, 0.2) is 0 Å². The number of hydrogen-bond donors (Lipinski definition) is 2. The molecule has 1 aromatic heterocycles. The SMILES string of the molecule is O=C(NCCCc1ncn[nH]1)C1CC=CCC1. The van der Waals surface area contributed by atoms with Gasteiger partial charge >= 0.3 is 0 Å². The van der Waals surface area contributed by atoms with Crippen LogP contribution in [0.2, 0.25) is 0 Å². The summed E-state index contributed by atoms with van der Waals surface area (Å²) in [6, 6.07) is 0. The molecule has 1 atom stereocenters. The molecule has 0 aromatic carbocycles. The summed E-state index contributed by atoms with van der Waals surface area (Å²) < 4.78 is 0.